The zero-order chi connectivity index (χ0) is 37.3. The van der Waals surface area contributed by atoms with Gasteiger partial charge in [0, 0.05) is 35.6 Å². The Hall–Kier alpha value is -2.30. The molecule has 0 radical (unpaired) electrons. The van der Waals surface area contributed by atoms with Gasteiger partial charge < -0.3 is 4.74 Å². The van der Waals surface area contributed by atoms with Gasteiger partial charge in [-0.05, 0) is 134 Å². The SMILES string of the molecule is C=C(OC1CCC2(C)C(CCC3(C)C4CCC5(C(C)(C)C/C=C/N=CC(C)=NC=O)CC(=O)C(C(C)C)=C5C4CCC32)C1(C)C)C1CC(C)C1C. The second-order valence-corrected chi connectivity index (χ2v) is 20.4. The van der Waals surface area contributed by atoms with Crippen LogP contribution in [0, 0.1) is 74.4 Å². The number of carbonyl (C=O) groups excluding carboxylic acids is 2. The number of ketones is 1. The minimum atomic E-state index is -0.104. The third-order valence-electron chi connectivity index (χ3n) is 17.0. The summed E-state index contributed by atoms with van der Waals surface area (Å²) in [6.45, 7) is 30.7. The summed E-state index contributed by atoms with van der Waals surface area (Å²) < 4.78 is 6.90. The van der Waals surface area contributed by atoms with E-state index in [9.17, 15) is 9.59 Å². The molecule has 5 heteroatoms. The highest BCUT2D eigenvalue weighted by molar-refractivity contribution is 6.30. The lowest BCUT2D eigenvalue weighted by Crippen LogP contribution is -2.63. The monoisotopic (exact) mass is 699 g/mol. The Labute approximate surface area is 310 Å². The lowest BCUT2D eigenvalue weighted by molar-refractivity contribution is -0.209. The Kier molecular flexibility index (Phi) is 10.2. The van der Waals surface area contributed by atoms with Crippen LogP contribution in [0.15, 0.2) is 45.7 Å². The Bertz CT molecular complexity index is 1530. The highest BCUT2D eigenvalue weighted by atomic mass is 16.5. The number of carbonyl (C=O) groups is 2. The van der Waals surface area contributed by atoms with E-state index in [0.29, 0.717) is 65.2 Å². The maximum atomic E-state index is 14.1. The van der Waals surface area contributed by atoms with Gasteiger partial charge in [0.25, 0.3) is 0 Å². The molecule has 11 unspecified atom stereocenters. The summed E-state index contributed by atoms with van der Waals surface area (Å²) in [5, 5.41) is 0. The van der Waals surface area contributed by atoms with Gasteiger partial charge in [-0.2, -0.15) is 0 Å². The molecule has 1 amide bonds. The van der Waals surface area contributed by atoms with Gasteiger partial charge in [-0.15, -0.1) is 0 Å². The molecule has 6 aliphatic rings. The number of nitrogens with zero attached hydrogens (tertiary/aromatic N) is 2. The molecule has 6 rings (SSSR count). The first kappa shape index (κ1) is 38.4. The van der Waals surface area contributed by atoms with Gasteiger partial charge in [0.05, 0.1) is 11.5 Å². The number of amides is 1. The van der Waals surface area contributed by atoms with E-state index in [1.165, 1.54) is 50.5 Å². The number of hydrogen-bond donors (Lipinski definition) is 0. The summed E-state index contributed by atoms with van der Waals surface area (Å²) in [6.07, 6.45) is 18.9. The van der Waals surface area contributed by atoms with E-state index in [1.807, 2.05) is 6.20 Å². The topological polar surface area (TPSA) is 68.1 Å². The summed E-state index contributed by atoms with van der Waals surface area (Å²) in [6, 6.07) is 0. The molecule has 0 aliphatic heterocycles. The van der Waals surface area contributed by atoms with Crippen molar-refractivity contribution in [2.24, 2.45) is 84.4 Å². The Morgan fingerprint density at radius 1 is 1.00 bits per heavy atom. The van der Waals surface area contributed by atoms with Crippen molar-refractivity contribution in [1.82, 2.24) is 0 Å². The molecule has 5 nitrogen and oxygen atoms in total. The largest absolute Gasteiger partial charge is 0.495 e. The zero-order valence-electron chi connectivity index (χ0n) is 34.1. The quantitative estimate of drug-likeness (QED) is 0.130. The van der Waals surface area contributed by atoms with Crippen molar-refractivity contribution in [2.45, 2.75) is 153 Å². The van der Waals surface area contributed by atoms with Crippen molar-refractivity contribution in [1.29, 1.82) is 0 Å². The number of ether oxygens (including phenoxy) is 1. The first-order valence-electron chi connectivity index (χ1n) is 20.6. The number of hydrogen-bond acceptors (Lipinski definition) is 4. The van der Waals surface area contributed by atoms with Crippen molar-refractivity contribution in [3.8, 4) is 0 Å². The van der Waals surface area contributed by atoms with Gasteiger partial charge in [-0.3, -0.25) is 14.6 Å². The maximum Gasteiger partial charge on any atom is 0.233 e. The fraction of sp³-hybridized carbons (Fsp3) is 0.783. The van der Waals surface area contributed by atoms with Crippen LogP contribution < -0.4 is 0 Å². The highest BCUT2D eigenvalue weighted by Crippen LogP contribution is 2.74. The van der Waals surface area contributed by atoms with Crippen molar-refractivity contribution in [2.75, 3.05) is 0 Å². The lowest BCUT2D eigenvalue weighted by Gasteiger charge is -2.69. The Balaban J connectivity index is 1.26. The molecule has 0 aromatic heterocycles. The third kappa shape index (κ3) is 6.01. The van der Waals surface area contributed by atoms with Gasteiger partial charge >= 0.3 is 0 Å². The second-order valence-electron chi connectivity index (χ2n) is 20.4. The van der Waals surface area contributed by atoms with E-state index in [-0.39, 0.29) is 33.7 Å². The molecule has 0 bridgehead atoms. The van der Waals surface area contributed by atoms with Crippen LogP contribution in [0.4, 0.5) is 0 Å². The van der Waals surface area contributed by atoms with Gasteiger partial charge in [0.2, 0.25) is 6.41 Å². The first-order chi connectivity index (χ1) is 23.9. The summed E-state index contributed by atoms with van der Waals surface area (Å²) in [5.74, 6) is 6.16. The molecule has 11 atom stereocenters. The average molecular weight is 699 g/mol. The molecule has 0 saturated heterocycles. The third-order valence-corrected chi connectivity index (χ3v) is 17.0. The van der Waals surface area contributed by atoms with Crippen LogP contribution in [0.5, 0.6) is 0 Å². The predicted molar refractivity (Wildman–Crippen MR) is 210 cm³/mol. The molecule has 5 saturated carbocycles. The van der Waals surface area contributed by atoms with E-state index < -0.39 is 0 Å². The number of fused-ring (bicyclic) bond motifs is 7. The standard InChI is InChI=1S/C46H70N2O3/c1-28(2)40-36(50)25-46(42(7,8)19-13-23-47-26-30(4)48-27-49)22-16-35-33(41(40)46)14-15-38-44(35,11)20-17-37-43(9,10)39(18-21-45(37,38)12)51-32(6)34-24-29(3)31(34)5/h13,23,26-29,31,33-35,37-39H,6,14-22,24-25H2,1-5,7-12H3/b23-13+,47-26?,48-30?. The Morgan fingerprint density at radius 2 is 1.71 bits per heavy atom. The molecular weight excluding hydrogens is 629 g/mol. The van der Waals surface area contributed by atoms with E-state index in [0.717, 1.165) is 30.9 Å². The predicted octanol–water partition coefficient (Wildman–Crippen LogP) is 11.4. The molecule has 282 valence electrons. The fourth-order valence-electron chi connectivity index (χ4n) is 14.0. The maximum absolute atomic E-state index is 14.1. The first-order valence-corrected chi connectivity index (χ1v) is 20.6. The van der Waals surface area contributed by atoms with Crippen molar-refractivity contribution < 1.29 is 14.3 Å². The number of aliphatic imine (C=N–C) groups is 2. The lowest BCUT2D eigenvalue weighted by atomic mass is 9.36. The molecular formula is C46H70N2O3. The number of rotatable bonds is 10. The number of allylic oxidation sites excluding steroid dienone is 4. The zero-order valence-corrected chi connectivity index (χ0v) is 34.1. The van der Waals surface area contributed by atoms with E-state index in [1.54, 1.807) is 18.7 Å². The summed E-state index contributed by atoms with van der Waals surface area (Å²) in [7, 11) is 0. The van der Waals surface area contributed by atoms with Gasteiger partial charge in [-0.1, -0.05) is 87.5 Å². The van der Waals surface area contributed by atoms with Crippen LogP contribution >= 0.6 is 0 Å². The van der Waals surface area contributed by atoms with Gasteiger partial charge in [-0.25, -0.2) is 4.99 Å². The van der Waals surface area contributed by atoms with Crippen LogP contribution in [0.2, 0.25) is 0 Å². The van der Waals surface area contributed by atoms with Crippen LogP contribution in [0.25, 0.3) is 0 Å². The molecule has 0 spiro atoms. The van der Waals surface area contributed by atoms with Gasteiger partial charge in [0.15, 0.2) is 5.78 Å². The molecule has 0 aromatic carbocycles. The fourth-order valence-corrected chi connectivity index (χ4v) is 14.0. The van der Waals surface area contributed by atoms with E-state index in [4.69, 9.17) is 4.74 Å². The molecule has 0 aromatic rings. The van der Waals surface area contributed by atoms with Crippen molar-refractivity contribution in [3.05, 3.63) is 35.8 Å². The molecule has 0 heterocycles. The average Bonchev–Trinajstić information content (AvgIpc) is 3.38. The van der Waals surface area contributed by atoms with Crippen LogP contribution in [-0.4, -0.2) is 30.2 Å². The smallest absolute Gasteiger partial charge is 0.233 e. The van der Waals surface area contributed by atoms with Crippen LogP contribution in [-0.2, 0) is 14.3 Å². The summed E-state index contributed by atoms with van der Waals surface area (Å²) in [4.78, 5) is 33.0. The molecule has 0 N–H and O–H groups in total. The molecule has 51 heavy (non-hydrogen) atoms. The molecule has 6 aliphatic carbocycles. The van der Waals surface area contributed by atoms with Crippen molar-refractivity contribution in [3.63, 3.8) is 0 Å². The highest BCUT2D eigenvalue weighted by Gasteiger charge is 2.68. The van der Waals surface area contributed by atoms with Crippen molar-refractivity contribution >= 4 is 24.1 Å². The minimum absolute atomic E-state index is 0.0827. The normalized spacial score (nSPS) is 42.4. The molecule has 5 fully saturated rings. The van der Waals surface area contributed by atoms with Crippen LogP contribution in [0.3, 0.4) is 0 Å². The summed E-state index contributed by atoms with van der Waals surface area (Å²) in [5.41, 5.74) is 3.85. The van der Waals surface area contributed by atoms with E-state index >= 15 is 0 Å². The van der Waals surface area contributed by atoms with E-state index in [2.05, 4.69) is 91.9 Å². The summed E-state index contributed by atoms with van der Waals surface area (Å²) >= 11 is 0. The number of Topliss-reactive ketones (excluding diaryl/α,β-unsaturated/α-hetero) is 1. The van der Waals surface area contributed by atoms with Gasteiger partial charge in [0.1, 0.15) is 6.10 Å². The Morgan fingerprint density at radius 3 is 2.35 bits per heavy atom. The minimum Gasteiger partial charge on any atom is -0.495 e. The van der Waals surface area contributed by atoms with Crippen LogP contribution in [0.1, 0.15) is 147 Å². The second kappa shape index (κ2) is 13.5.